The first-order valence-corrected chi connectivity index (χ1v) is 48.2. The maximum absolute atomic E-state index is 12.5. The van der Waals surface area contributed by atoms with Gasteiger partial charge >= 0.3 is 0 Å². The van der Waals surface area contributed by atoms with Crippen LogP contribution in [-0.2, 0) is 50.1 Å². The highest BCUT2D eigenvalue weighted by atomic mass is 79.9. The molecular weight excluding hydrogens is 1950 g/mol. The molecule has 5 N–H and O–H groups in total. The molecule has 15 aromatic rings. The number of rotatable bonds is 20. The highest BCUT2D eigenvalue weighted by molar-refractivity contribution is 9.11. The third-order valence-electron chi connectivity index (χ3n) is 15.3. The molecule has 28 nitrogen and oxygen atoms in total. The summed E-state index contributed by atoms with van der Waals surface area (Å²) in [6.07, 6.45) is 4.39. The van der Waals surface area contributed by atoms with E-state index in [1.807, 2.05) is 150 Å². The normalized spacial score (nSPS) is 11.6. The van der Waals surface area contributed by atoms with Crippen molar-refractivity contribution >= 4 is 211 Å². The van der Waals surface area contributed by atoms with Crippen molar-refractivity contribution in [2.45, 2.75) is 90.3 Å². The maximum Gasteiger partial charge on any atom is 0.275 e. The van der Waals surface area contributed by atoms with Gasteiger partial charge in [-0.05, 0) is 187 Å². The van der Waals surface area contributed by atoms with E-state index in [2.05, 4.69) is 133 Å². The van der Waals surface area contributed by atoms with Crippen molar-refractivity contribution in [3.8, 4) is 52.5 Å². The van der Waals surface area contributed by atoms with Crippen molar-refractivity contribution in [1.82, 2.24) is 45.8 Å². The third kappa shape index (κ3) is 21.9. The lowest BCUT2D eigenvalue weighted by atomic mass is 10.1. The predicted octanol–water partition coefficient (Wildman–Crippen LogP) is 20.2. The quantitative estimate of drug-likeness (QED) is 0.0473. The first-order valence-electron chi connectivity index (χ1n) is 32.7. The van der Waals surface area contributed by atoms with Crippen molar-refractivity contribution in [3.05, 3.63) is 238 Å². The Morgan fingerprint density at radius 3 is 0.860 bits per heavy atom. The zero-order valence-corrected chi connectivity index (χ0v) is 76.2. The summed E-state index contributed by atoms with van der Waals surface area (Å²) in [7, 11) is -18.6. The fourth-order valence-corrected chi connectivity index (χ4v) is 22.7. The number of sulfonamides is 5. The van der Waals surface area contributed by atoms with Gasteiger partial charge in [-0.25, -0.2) is 70.9 Å². The number of aromatic nitrogens is 9. The first kappa shape index (κ1) is 86.3. The van der Waals surface area contributed by atoms with Gasteiger partial charge in [-0.1, -0.05) is 157 Å². The molecular formula is C71H62Br4N14O14S11. The maximum atomic E-state index is 12.5. The van der Waals surface area contributed by atoms with Crippen molar-refractivity contribution in [1.29, 1.82) is 0 Å². The molecule has 0 amide bonds. The van der Waals surface area contributed by atoms with E-state index in [4.69, 9.17) is 18.1 Å². The summed E-state index contributed by atoms with van der Waals surface area (Å²) in [6.45, 7) is 18.5. The Kier molecular flexibility index (Phi) is 27.8. The molecule has 0 spiro atoms. The molecule has 0 fully saturated rings. The third-order valence-corrected chi connectivity index (χ3v) is 34.5. The summed E-state index contributed by atoms with van der Waals surface area (Å²) in [4.78, 5) is 15.2. The summed E-state index contributed by atoms with van der Waals surface area (Å²) in [5.74, 6) is 0.239. The SMILES string of the molecule is Cc1ccc(-c2ccc(S(=O)(=O)Nc3nnc(C)s3)s2)cc1.Cc1ccc(-c2ccc(S(=O)(=O)Nc3onc(C)c3Br)s2)cc1.Cc1ccc(-c2ccc(S(=O)(=O)Nc3onc(C)c3Br)s2)cn1.Cc1ccc(-c2ncc(S(=O)(=O)Nc3onc(C)c3Br)s2)cc1.Cc1ccc(-c2ncc(S(=O)(=O)Nc3onc(C)c3Br)s2)cc1. The second kappa shape index (κ2) is 36.7. The molecule has 11 aromatic heterocycles. The number of halogens is 4. The zero-order chi connectivity index (χ0) is 82.2. The van der Waals surface area contributed by atoms with Gasteiger partial charge in [0, 0.05) is 43.2 Å². The number of benzene rings is 4. The average molecular weight is 2010 g/mol. The highest BCUT2D eigenvalue weighted by Gasteiger charge is 2.28. The number of hydrogen-bond acceptors (Lipinski definition) is 29. The van der Waals surface area contributed by atoms with Crippen LogP contribution in [0.25, 0.3) is 52.5 Å². The highest BCUT2D eigenvalue weighted by Crippen LogP contribution is 2.39. The number of pyridine rings is 1. The first-order chi connectivity index (χ1) is 53.9. The largest absolute Gasteiger partial charge is 0.336 e. The molecule has 0 atom stereocenters. The number of nitrogens with one attached hydrogen (secondary N) is 5. The van der Waals surface area contributed by atoms with E-state index in [1.165, 1.54) is 52.0 Å². The topological polar surface area (TPSA) is 399 Å². The molecule has 0 unspecified atom stereocenters. The van der Waals surface area contributed by atoms with Crippen molar-refractivity contribution in [2.24, 2.45) is 0 Å². The van der Waals surface area contributed by atoms with E-state index >= 15 is 0 Å². The number of thiazole rings is 2. The summed E-state index contributed by atoms with van der Waals surface area (Å²) in [5.41, 5.74) is 12.4. The Morgan fingerprint density at radius 1 is 0.289 bits per heavy atom. The number of aryl methyl sites for hydroxylation is 10. The average Bonchev–Trinajstić information content (AvgIpc) is 1.67. The lowest BCUT2D eigenvalue weighted by Crippen LogP contribution is -2.11. The van der Waals surface area contributed by atoms with Crippen LogP contribution in [0.1, 0.15) is 55.7 Å². The van der Waals surface area contributed by atoms with Crippen molar-refractivity contribution in [2.75, 3.05) is 23.6 Å². The van der Waals surface area contributed by atoms with Crippen LogP contribution in [0.2, 0.25) is 0 Å². The molecule has 0 bridgehead atoms. The van der Waals surface area contributed by atoms with Gasteiger partial charge in [-0.15, -0.1) is 66.9 Å². The molecule has 43 heteroatoms. The van der Waals surface area contributed by atoms with Crippen LogP contribution in [0.15, 0.2) is 221 Å². The van der Waals surface area contributed by atoms with Crippen LogP contribution >= 0.6 is 132 Å². The van der Waals surface area contributed by atoms with Crippen LogP contribution in [-0.4, -0.2) is 87.9 Å². The van der Waals surface area contributed by atoms with Gasteiger partial charge in [0.15, 0.2) is 8.42 Å². The van der Waals surface area contributed by atoms with E-state index in [0.717, 1.165) is 98.8 Å². The molecule has 0 saturated heterocycles. The minimum atomic E-state index is -3.78. The van der Waals surface area contributed by atoms with Crippen molar-refractivity contribution < 1.29 is 60.2 Å². The molecule has 0 aliphatic heterocycles. The predicted molar refractivity (Wildman–Crippen MR) is 460 cm³/mol. The Hall–Kier alpha value is -8.54. The number of thiophene rings is 3. The van der Waals surface area contributed by atoms with E-state index in [1.54, 1.807) is 71.1 Å². The van der Waals surface area contributed by atoms with Crippen LogP contribution in [0.5, 0.6) is 0 Å². The minimum Gasteiger partial charge on any atom is -0.336 e. The molecule has 114 heavy (non-hydrogen) atoms. The van der Waals surface area contributed by atoms with Crippen LogP contribution < -0.4 is 23.6 Å². The summed E-state index contributed by atoms with van der Waals surface area (Å²) in [5, 5.41) is 24.7. The van der Waals surface area contributed by atoms with Gasteiger partial charge in [-0.2, -0.15) is 0 Å². The molecule has 15 rings (SSSR count). The molecule has 11 heterocycles. The number of nitrogens with zero attached hydrogens (tertiary/aromatic N) is 9. The summed E-state index contributed by atoms with van der Waals surface area (Å²) < 4.78 is 159. The fraction of sp³-hybridized carbons (Fsp3) is 0.141. The molecule has 0 radical (unpaired) electrons. The number of anilines is 5. The van der Waals surface area contributed by atoms with E-state index in [-0.39, 0.29) is 49.7 Å². The van der Waals surface area contributed by atoms with E-state index in [0.29, 0.717) is 55.7 Å². The summed E-state index contributed by atoms with van der Waals surface area (Å²) in [6, 6.07) is 45.3. The lowest BCUT2D eigenvalue weighted by Gasteiger charge is -2.02. The molecule has 0 saturated carbocycles. The van der Waals surface area contributed by atoms with Crippen molar-refractivity contribution in [3.63, 3.8) is 0 Å². The Bertz CT molecular complexity index is 5870. The minimum absolute atomic E-state index is 0.0489. The Labute approximate surface area is 713 Å². The van der Waals surface area contributed by atoms with Crippen LogP contribution in [0, 0.1) is 69.2 Å². The second-order valence-corrected chi connectivity index (χ2v) is 43.5. The number of hydrogen-bond donors (Lipinski definition) is 5. The van der Waals surface area contributed by atoms with Gasteiger partial charge in [0.2, 0.25) is 5.13 Å². The zero-order valence-electron chi connectivity index (χ0n) is 60.8. The fourth-order valence-electron chi connectivity index (χ4n) is 9.22. The van der Waals surface area contributed by atoms with Gasteiger partial charge in [-0.3, -0.25) is 9.71 Å². The molecule has 594 valence electrons. The van der Waals surface area contributed by atoms with E-state index < -0.39 is 50.1 Å². The molecule has 0 aliphatic carbocycles. The van der Waals surface area contributed by atoms with Crippen LogP contribution in [0.3, 0.4) is 0 Å². The van der Waals surface area contributed by atoms with Gasteiger partial charge in [0.25, 0.3) is 73.7 Å². The standard InChI is InChI=1S/C15H13BrN2O3S2.3C14H12BrN3O3S2.C14H13N3O2S3/c1-9-3-5-11(6-4-9)12-7-8-13(22-12)23(19,20)18-15-14(16)10(2)17-21-15;2*1-8-3-5-10(6-4-8)14-16-7-11(22-14)23(19,20)18-13-12(15)9(2)17-21-13;1-8-3-4-10(7-16-8)11-5-6-12(22-11)23(19,20)18-14-13(15)9(2)17-21-14;1-9-3-5-11(6-4-9)12-7-8-13(21-12)22(18,19)17-14-16-15-10(2)20-14/h3-8,18H,1-2H3;3*3-7,18H,1-2H3;3-8H,1-2H3,(H,16,17). The second-order valence-electron chi connectivity index (χ2n) is 24.3. The van der Waals surface area contributed by atoms with E-state index in [9.17, 15) is 42.1 Å². The van der Waals surface area contributed by atoms with Gasteiger partial charge in [0.1, 0.15) is 45.5 Å². The smallest absolute Gasteiger partial charge is 0.275 e. The van der Waals surface area contributed by atoms with Crippen LogP contribution in [0.4, 0.5) is 28.7 Å². The Balaban J connectivity index is 0.000000141. The monoisotopic (exact) mass is 2000 g/mol. The summed E-state index contributed by atoms with van der Waals surface area (Å²) >= 11 is 19.9. The lowest BCUT2D eigenvalue weighted by molar-refractivity contribution is 0.430. The van der Waals surface area contributed by atoms with Gasteiger partial charge < -0.3 is 18.1 Å². The van der Waals surface area contributed by atoms with Gasteiger partial charge in [0.05, 0.1) is 35.2 Å². The Morgan fingerprint density at radius 2 is 0.579 bits per heavy atom. The molecule has 4 aromatic carbocycles. The molecule has 0 aliphatic rings.